The first kappa shape index (κ1) is 18.8. The summed E-state index contributed by atoms with van der Waals surface area (Å²) in [5, 5.41) is 6.14. The van der Waals surface area contributed by atoms with Crippen molar-refractivity contribution < 1.29 is 14.3 Å². The lowest BCUT2D eigenvalue weighted by molar-refractivity contribution is 0.0601. The number of anilines is 5. The van der Waals surface area contributed by atoms with Crippen molar-refractivity contribution in [1.29, 1.82) is 0 Å². The Morgan fingerprint density at radius 3 is 2.25 bits per heavy atom. The quantitative estimate of drug-likeness (QED) is 0.441. The molecule has 0 unspecified atom stereocenters. The molecule has 0 bridgehead atoms. The van der Waals surface area contributed by atoms with Crippen molar-refractivity contribution in [1.82, 2.24) is 9.97 Å². The van der Waals surface area contributed by atoms with Crippen LogP contribution in [0.15, 0.2) is 54.9 Å². The maximum Gasteiger partial charge on any atom is 0.339 e. The van der Waals surface area contributed by atoms with E-state index < -0.39 is 5.97 Å². The van der Waals surface area contributed by atoms with Crippen LogP contribution in [-0.2, 0) is 4.74 Å². The molecule has 0 atom stereocenters. The molecule has 0 saturated heterocycles. The smallest absolute Gasteiger partial charge is 0.339 e. The van der Waals surface area contributed by atoms with Gasteiger partial charge in [-0.25, -0.2) is 14.8 Å². The van der Waals surface area contributed by atoms with E-state index in [0.29, 0.717) is 28.5 Å². The number of ketones is 1. The molecule has 0 saturated carbocycles. The molecule has 0 radical (unpaired) electrons. The molecule has 4 N–H and O–H groups in total. The number of carbonyl (C=O) groups excluding carboxylic acids is 2. The molecule has 1 heterocycles. The molecular formula is C20H19N5O3. The van der Waals surface area contributed by atoms with Gasteiger partial charge < -0.3 is 21.1 Å². The molecule has 142 valence electrons. The third-order valence-electron chi connectivity index (χ3n) is 4.02. The lowest BCUT2D eigenvalue weighted by atomic mass is 10.1. The van der Waals surface area contributed by atoms with Gasteiger partial charge in [-0.1, -0.05) is 12.1 Å². The lowest BCUT2D eigenvalue weighted by Gasteiger charge is -2.14. The standard InChI is InChI=1S/C20H19N5O3/c1-12(26)13-7-9-14(10-8-13)24-18-17(21)19(23-11-22-18)25-16-6-4-3-5-15(16)20(27)28-2/h3-11H,21H2,1-2H3,(H2,22,23,24,25). The fraction of sp³-hybridized carbons (Fsp3) is 0.100. The van der Waals surface area contributed by atoms with Gasteiger partial charge in [0.1, 0.15) is 12.0 Å². The average molecular weight is 377 g/mol. The number of nitrogens with two attached hydrogens (primary N) is 1. The number of esters is 1. The van der Waals surface area contributed by atoms with Crippen LogP contribution in [0.3, 0.4) is 0 Å². The van der Waals surface area contributed by atoms with Gasteiger partial charge in [0.15, 0.2) is 17.4 Å². The normalized spacial score (nSPS) is 10.2. The molecular weight excluding hydrogens is 358 g/mol. The Morgan fingerprint density at radius 2 is 1.61 bits per heavy atom. The molecule has 2 aromatic carbocycles. The zero-order valence-electron chi connectivity index (χ0n) is 15.4. The van der Waals surface area contributed by atoms with Crippen molar-refractivity contribution in [3.8, 4) is 0 Å². The number of ether oxygens (including phenoxy) is 1. The Hall–Kier alpha value is -3.94. The number of nitrogen functional groups attached to an aromatic ring is 1. The summed E-state index contributed by atoms with van der Waals surface area (Å²) in [4.78, 5) is 31.6. The van der Waals surface area contributed by atoms with Crippen LogP contribution in [0.2, 0.25) is 0 Å². The van der Waals surface area contributed by atoms with Crippen molar-refractivity contribution in [2.24, 2.45) is 0 Å². The van der Waals surface area contributed by atoms with Crippen molar-refractivity contribution in [3.05, 3.63) is 66.0 Å². The molecule has 0 amide bonds. The number of rotatable bonds is 6. The van der Waals surface area contributed by atoms with Gasteiger partial charge in [-0.3, -0.25) is 4.79 Å². The molecule has 8 heteroatoms. The number of nitrogens with one attached hydrogen (secondary N) is 2. The summed E-state index contributed by atoms with van der Waals surface area (Å²) in [5.41, 5.74) is 8.67. The molecule has 3 rings (SSSR count). The predicted octanol–water partition coefficient (Wildman–Crippen LogP) is 3.54. The summed E-state index contributed by atoms with van der Waals surface area (Å²) in [5.74, 6) is 0.251. The second kappa shape index (κ2) is 8.17. The first-order valence-electron chi connectivity index (χ1n) is 8.42. The summed E-state index contributed by atoms with van der Waals surface area (Å²) in [7, 11) is 1.32. The van der Waals surface area contributed by atoms with Gasteiger partial charge >= 0.3 is 5.97 Å². The number of methoxy groups -OCH3 is 1. The van der Waals surface area contributed by atoms with Crippen molar-refractivity contribution in [2.45, 2.75) is 6.92 Å². The Morgan fingerprint density at radius 1 is 0.964 bits per heavy atom. The van der Waals surface area contributed by atoms with Crippen LogP contribution in [0.25, 0.3) is 0 Å². The second-order valence-corrected chi connectivity index (χ2v) is 5.91. The SMILES string of the molecule is COC(=O)c1ccccc1Nc1ncnc(Nc2ccc(C(C)=O)cc2)c1N. The summed E-state index contributed by atoms with van der Waals surface area (Å²) in [6, 6.07) is 13.8. The Kier molecular flexibility index (Phi) is 5.50. The number of carbonyl (C=O) groups is 2. The minimum Gasteiger partial charge on any atom is -0.465 e. The van der Waals surface area contributed by atoms with Crippen molar-refractivity contribution in [3.63, 3.8) is 0 Å². The maximum absolute atomic E-state index is 11.9. The molecule has 1 aromatic heterocycles. The zero-order chi connectivity index (χ0) is 20.1. The topological polar surface area (TPSA) is 119 Å². The first-order chi connectivity index (χ1) is 13.5. The van der Waals surface area contributed by atoms with Gasteiger partial charge in [0, 0.05) is 11.3 Å². The number of Topliss-reactive ketones (excluding diaryl/α,β-unsaturated/α-hetero) is 1. The van der Waals surface area contributed by atoms with E-state index in [4.69, 9.17) is 10.5 Å². The van der Waals surface area contributed by atoms with Crippen LogP contribution in [0.4, 0.5) is 28.7 Å². The molecule has 8 nitrogen and oxygen atoms in total. The number of nitrogens with zero attached hydrogens (tertiary/aromatic N) is 2. The highest BCUT2D eigenvalue weighted by Crippen LogP contribution is 2.29. The zero-order valence-corrected chi connectivity index (χ0v) is 15.4. The van der Waals surface area contributed by atoms with E-state index in [9.17, 15) is 9.59 Å². The van der Waals surface area contributed by atoms with E-state index in [1.807, 2.05) is 0 Å². The Balaban J connectivity index is 1.86. The van der Waals surface area contributed by atoms with Gasteiger partial charge in [-0.2, -0.15) is 0 Å². The summed E-state index contributed by atoms with van der Waals surface area (Å²) < 4.78 is 4.79. The summed E-state index contributed by atoms with van der Waals surface area (Å²) in [6.45, 7) is 1.51. The molecule has 0 fully saturated rings. The molecule has 0 aliphatic rings. The van der Waals surface area contributed by atoms with Gasteiger partial charge in [0.05, 0.1) is 18.4 Å². The van der Waals surface area contributed by atoms with Gasteiger partial charge in [-0.15, -0.1) is 0 Å². The minimum atomic E-state index is -0.473. The molecule has 28 heavy (non-hydrogen) atoms. The fourth-order valence-corrected chi connectivity index (χ4v) is 2.53. The first-order valence-corrected chi connectivity index (χ1v) is 8.42. The second-order valence-electron chi connectivity index (χ2n) is 5.91. The fourth-order valence-electron chi connectivity index (χ4n) is 2.53. The third kappa shape index (κ3) is 4.07. The molecule has 3 aromatic rings. The van der Waals surface area contributed by atoms with E-state index in [0.717, 1.165) is 5.69 Å². The van der Waals surface area contributed by atoms with Crippen LogP contribution >= 0.6 is 0 Å². The third-order valence-corrected chi connectivity index (χ3v) is 4.02. The van der Waals surface area contributed by atoms with E-state index in [2.05, 4.69) is 20.6 Å². The average Bonchev–Trinajstić information content (AvgIpc) is 2.71. The van der Waals surface area contributed by atoms with Crippen LogP contribution < -0.4 is 16.4 Å². The highest BCUT2D eigenvalue weighted by Gasteiger charge is 2.14. The number of para-hydroxylation sites is 1. The number of hydrogen-bond donors (Lipinski definition) is 3. The largest absolute Gasteiger partial charge is 0.465 e. The highest BCUT2D eigenvalue weighted by atomic mass is 16.5. The van der Waals surface area contributed by atoms with E-state index in [1.165, 1.54) is 20.4 Å². The molecule has 0 aliphatic carbocycles. The van der Waals surface area contributed by atoms with E-state index in [1.54, 1.807) is 48.5 Å². The van der Waals surface area contributed by atoms with Crippen LogP contribution in [0.5, 0.6) is 0 Å². The number of hydrogen-bond acceptors (Lipinski definition) is 8. The van der Waals surface area contributed by atoms with Crippen LogP contribution in [0, 0.1) is 0 Å². The van der Waals surface area contributed by atoms with Crippen molar-refractivity contribution >= 4 is 40.5 Å². The van der Waals surface area contributed by atoms with Gasteiger partial charge in [-0.05, 0) is 43.3 Å². The minimum absolute atomic E-state index is 0.0103. The number of aromatic nitrogens is 2. The molecule has 0 spiro atoms. The van der Waals surface area contributed by atoms with E-state index >= 15 is 0 Å². The summed E-state index contributed by atoms with van der Waals surface area (Å²) in [6.07, 6.45) is 1.35. The number of benzene rings is 2. The highest BCUT2D eigenvalue weighted by molar-refractivity contribution is 5.97. The Labute approximate surface area is 161 Å². The van der Waals surface area contributed by atoms with E-state index in [-0.39, 0.29) is 11.5 Å². The van der Waals surface area contributed by atoms with Crippen LogP contribution in [-0.4, -0.2) is 28.8 Å². The monoisotopic (exact) mass is 377 g/mol. The van der Waals surface area contributed by atoms with Crippen molar-refractivity contribution in [2.75, 3.05) is 23.5 Å². The summed E-state index contributed by atoms with van der Waals surface area (Å²) >= 11 is 0. The van der Waals surface area contributed by atoms with Crippen LogP contribution in [0.1, 0.15) is 27.6 Å². The lowest BCUT2D eigenvalue weighted by Crippen LogP contribution is -2.09. The predicted molar refractivity (Wildman–Crippen MR) is 107 cm³/mol. The maximum atomic E-state index is 11.9. The van der Waals surface area contributed by atoms with Gasteiger partial charge in [0.2, 0.25) is 0 Å². The Bertz CT molecular complexity index is 1020. The van der Waals surface area contributed by atoms with Gasteiger partial charge in [0.25, 0.3) is 0 Å². The molecule has 0 aliphatic heterocycles.